The highest BCUT2D eigenvalue weighted by atomic mass is 16.3. The van der Waals surface area contributed by atoms with Crippen molar-refractivity contribution in [1.29, 1.82) is 0 Å². The summed E-state index contributed by atoms with van der Waals surface area (Å²) in [6.45, 7) is 0.727. The highest BCUT2D eigenvalue weighted by Gasteiger charge is 2.54. The van der Waals surface area contributed by atoms with Gasteiger partial charge in [-0.25, -0.2) is 0 Å². The van der Waals surface area contributed by atoms with Gasteiger partial charge in [-0.15, -0.1) is 0 Å². The summed E-state index contributed by atoms with van der Waals surface area (Å²) in [6.07, 6.45) is 2.41. The fraction of sp³-hybridized carbons (Fsp3) is 0.818. The first kappa shape index (κ1) is 11.5. The Labute approximate surface area is 94.0 Å². The maximum absolute atomic E-state index is 12.0. The van der Waals surface area contributed by atoms with Gasteiger partial charge in [-0.3, -0.25) is 14.5 Å². The number of aliphatic hydroxyl groups is 2. The largest absolute Gasteiger partial charge is 0.394 e. The summed E-state index contributed by atoms with van der Waals surface area (Å²) in [6, 6.07) is 0. The minimum absolute atomic E-state index is 0.218. The van der Waals surface area contributed by atoms with Crippen LogP contribution >= 0.6 is 0 Å². The predicted molar refractivity (Wildman–Crippen MR) is 55.3 cm³/mol. The maximum Gasteiger partial charge on any atom is 0.233 e. The third-order valence-corrected chi connectivity index (χ3v) is 3.81. The van der Waals surface area contributed by atoms with E-state index in [-0.39, 0.29) is 23.7 Å². The molecule has 2 fully saturated rings. The van der Waals surface area contributed by atoms with Crippen LogP contribution in [0.25, 0.3) is 0 Å². The third kappa shape index (κ3) is 1.38. The van der Waals surface area contributed by atoms with Crippen molar-refractivity contribution < 1.29 is 19.8 Å². The van der Waals surface area contributed by atoms with Gasteiger partial charge in [-0.1, -0.05) is 6.42 Å². The van der Waals surface area contributed by atoms with Gasteiger partial charge in [-0.2, -0.15) is 0 Å². The van der Waals surface area contributed by atoms with Crippen molar-refractivity contribution in [1.82, 2.24) is 4.90 Å². The Hall–Kier alpha value is -0.940. The minimum Gasteiger partial charge on any atom is -0.394 e. The van der Waals surface area contributed by atoms with Crippen LogP contribution in [0.3, 0.4) is 0 Å². The number of nitrogens with zero attached hydrogens (tertiary/aromatic N) is 1. The van der Waals surface area contributed by atoms with Crippen molar-refractivity contribution in [2.24, 2.45) is 11.8 Å². The number of hydrogen-bond acceptors (Lipinski definition) is 4. The quantitative estimate of drug-likeness (QED) is 0.638. The molecule has 2 atom stereocenters. The Bertz CT molecular complexity index is 302. The lowest BCUT2D eigenvalue weighted by molar-refractivity contribution is -0.151. The van der Waals surface area contributed by atoms with Crippen molar-refractivity contribution in [3.05, 3.63) is 0 Å². The molecule has 90 valence electrons. The van der Waals surface area contributed by atoms with Crippen molar-refractivity contribution in [2.75, 3.05) is 13.2 Å². The molecule has 2 unspecified atom stereocenters. The van der Waals surface area contributed by atoms with E-state index < -0.39 is 18.8 Å². The van der Waals surface area contributed by atoms with Crippen molar-refractivity contribution in [3.8, 4) is 0 Å². The van der Waals surface area contributed by atoms with Gasteiger partial charge >= 0.3 is 0 Å². The van der Waals surface area contributed by atoms with Crippen LogP contribution in [0.15, 0.2) is 0 Å². The Morgan fingerprint density at radius 1 is 1.19 bits per heavy atom. The highest BCUT2D eigenvalue weighted by Crippen LogP contribution is 2.42. The summed E-state index contributed by atoms with van der Waals surface area (Å²) in [5, 5.41) is 18.5. The molecule has 16 heavy (non-hydrogen) atoms. The minimum atomic E-state index is -1.15. The number of aliphatic hydroxyl groups excluding tert-OH is 2. The summed E-state index contributed by atoms with van der Waals surface area (Å²) in [4.78, 5) is 25.2. The molecule has 1 saturated carbocycles. The average molecular weight is 227 g/mol. The van der Waals surface area contributed by atoms with Crippen LogP contribution in [0.1, 0.15) is 26.2 Å². The molecule has 0 spiro atoms. The number of hydrogen-bond donors (Lipinski definition) is 2. The normalized spacial score (nSPS) is 30.1. The summed E-state index contributed by atoms with van der Waals surface area (Å²) in [7, 11) is 0. The number of amides is 2. The zero-order chi connectivity index (χ0) is 11.9. The van der Waals surface area contributed by atoms with Crippen LogP contribution in [-0.2, 0) is 9.59 Å². The first-order valence-corrected chi connectivity index (χ1v) is 5.65. The highest BCUT2D eigenvalue weighted by molar-refractivity contribution is 6.06. The molecule has 0 aromatic carbocycles. The van der Waals surface area contributed by atoms with Crippen LogP contribution in [-0.4, -0.2) is 45.7 Å². The molecule has 2 N–H and O–H groups in total. The summed E-state index contributed by atoms with van der Waals surface area (Å²) < 4.78 is 0. The lowest BCUT2D eigenvalue weighted by Gasteiger charge is -2.34. The Morgan fingerprint density at radius 2 is 1.62 bits per heavy atom. The van der Waals surface area contributed by atoms with Gasteiger partial charge in [0.15, 0.2) is 0 Å². The fourth-order valence-corrected chi connectivity index (χ4v) is 2.71. The van der Waals surface area contributed by atoms with Crippen molar-refractivity contribution in [3.63, 3.8) is 0 Å². The molecular formula is C11H17NO4. The van der Waals surface area contributed by atoms with E-state index in [2.05, 4.69) is 0 Å². The van der Waals surface area contributed by atoms with Gasteiger partial charge in [0, 0.05) is 0 Å². The molecule has 0 aromatic heterocycles. The number of rotatable bonds is 3. The smallest absolute Gasteiger partial charge is 0.233 e. The van der Waals surface area contributed by atoms with Gasteiger partial charge in [-0.05, 0) is 19.8 Å². The molecule has 2 amide bonds. The van der Waals surface area contributed by atoms with Gasteiger partial charge in [0.25, 0.3) is 0 Å². The van der Waals surface area contributed by atoms with E-state index in [0.717, 1.165) is 24.2 Å². The maximum atomic E-state index is 12.0. The van der Waals surface area contributed by atoms with Crippen molar-refractivity contribution in [2.45, 2.75) is 31.7 Å². The molecule has 1 heterocycles. The van der Waals surface area contributed by atoms with Crippen molar-refractivity contribution >= 4 is 11.8 Å². The van der Waals surface area contributed by atoms with E-state index in [1.165, 1.54) is 6.92 Å². The zero-order valence-corrected chi connectivity index (χ0v) is 9.35. The summed E-state index contributed by atoms with van der Waals surface area (Å²) in [5.41, 5.74) is -1.15. The lowest BCUT2D eigenvalue weighted by Crippen LogP contribution is -2.55. The predicted octanol–water partition coefficient (Wildman–Crippen LogP) is -0.485. The fourth-order valence-electron chi connectivity index (χ4n) is 2.71. The third-order valence-electron chi connectivity index (χ3n) is 3.81. The molecule has 1 aliphatic heterocycles. The first-order valence-electron chi connectivity index (χ1n) is 5.65. The SMILES string of the molecule is CC(CO)(CO)N1C(=O)C2CCCC2C1=O. The molecule has 1 aliphatic carbocycles. The van der Waals surface area contributed by atoms with E-state index in [9.17, 15) is 19.8 Å². The van der Waals surface area contributed by atoms with E-state index in [4.69, 9.17) is 0 Å². The van der Waals surface area contributed by atoms with Gasteiger partial charge < -0.3 is 10.2 Å². The second-order valence-electron chi connectivity index (χ2n) is 4.97. The molecule has 5 heteroatoms. The zero-order valence-electron chi connectivity index (χ0n) is 9.35. The van der Waals surface area contributed by atoms with E-state index in [0.29, 0.717) is 0 Å². The second kappa shape index (κ2) is 3.82. The molecule has 2 rings (SSSR count). The van der Waals surface area contributed by atoms with Crippen LogP contribution in [0.5, 0.6) is 0 Å². The summed E-state index contributed by atoms with van der Waals surface area (Å²) >= 11 is 0. The number of likely N-dealkylation sites (tertiary alicyclic amines) is 1. The van der Waals surface area contributed by atoms with Gasteiger partial charge in [0.05, 0.1) is 30.6 Å². The number of fused-ring (bicyclic) bond motifs is 1. The van der Waals surface area contributed by atoms with E-state index >= 15 is 0 Å². The molecular weight excluding hydrogens is 210 g/mol. The Kier molecular flexibility index (Phi) is 2.75. The lowest BCUT2D eigenvalue weighted by atomic mass is 10.00. The molecule has 1 saturated heterocycles. The Balaban J connectivity index is 2.30. The molecule has 5 nitrogen and oxygen atoms in total. The van der Waals surface area contributed by atoms with E-state index in [1.807, 2.05) is 0 Å². The van der Waals surface area contributed by atoms with E-state index in [1.54, 1.807) is 0 Å². The van der Waals surface area contributed by atoms with Crippen LogP contribution < -0.4 is 0 Å². The van der Waals surface area contributed by atoms with Crippen LogP contribution in [0, 0.1) is 11.8 Å². The Morgan fingerprint density at radius 3 is 2.00 bits per heavy atom. The first-order chi connectivity index (χ1) is 7.55. The van der Waals surface area contributed by atoms with Gasteiger partial charge in [0.1, 0.15) is 0 Å². The molecule has 2 aliphatic rings. The second-order valence-corrected chi connectivity index (χ2v) is 4.97. The number of imide groups is 1. The number of carbonyl (C=O) groups is 2. The number of carbonyl (C=O) groups excluding carboxylic acids is 2. The monoisotopic (exact) mass is 227 g/mol. The molecule has 0 bridgehead atoms. The van der Waals surface area contributed by atoms with Gasteiger partial charge in [0.2, 0.25) is 11.8 Å². The average Bonchev–Trinajstić information content (AvgIpc) is 2.84. The molecule has 0 aromatic rings. The standard InChI is InChI=1S/C11H17NO4/c1-11(5-13,6-14)12-9(15)7-3-2-4-8(7)10(12)16/h7-8,13-14H,2-6H2,1H3. The van der Waals surface area contributed by atoms with Crippen LogP contribution in [0.2, 0.25) is 0 Å². The molecule has 0 radical (unpaired) electrons. The summed E-state index contributed by atoms with van der Waals surface area (Å²) in [5.74, 6) is -0.883. The van der Waals surface area contributed by atoms with Crippen LogP contribution in [0.4, 0.5) is 0 Å². The topological polar surface area (TPSA) is 77.8 Å².